The summed E-state index contributed by atoms with van der Waals surface area (Å²) in [5.41, 5.74) is 2.04. The minimum Gasteiger partial charge on any atom is -0.507 e. The summed E-state index contributed by atoms with van der Waals surface area (Å²) >= 11 is 0. The molecule has 0 saturated heterocycles. The lowest BCUT2D eigenvalue weighted by Gasteiger charge is -2.26. The number of hydrogen-bond acceptors (Lipinski definition) is 5. The summed E-state index contributed by atoms with van der Waals surface area (Å²) in [6.07, 6.45) is -1.30. The molecule has 1 rings (SSSR count). The minimum absolute atomic E-state index is 0.0606. The van der Waals surface area contributed by atoms with Crippen molar-refractivity contribution in [3.63, 3.8) is 0 Å². The van der Waals surface area contributed by atoms with Gasteiger partial charge in [-0.25, -0.2) is 0 Å². The van der Waals surface area contributed by atoms with Crippen LogP contribution >= 0.6 is 0 Å². The first kappa shape index (κ1) is 17.9. The van der Waals surface area contributed by atoms with Gasteiger partial charge in [0.1, 0.15) is 5.75 Å². The van der Waals surface area contributed by atoms with E-state index in [0.717, 1.165) is 5.56 Å². The van der Waals surface area contributed by atoms with Crippen molar-refractivity contribution in [2.24, 2.45) is 0 Å². The average molecular weight is 298 g/mol. The van der Waals surface area contributed by atoms with E-state index in [-0.39, 0.29) is 11.2 Å². The first-order chi connectivity index (χ1) is 9.79. The van der Waals surface area contributed by atoms with Gasteiger partial charge < -0.3 is 24.1 Å². The van der Waals surface area contributed by atoms with Crippen molar-refractivity contribution >= 4 is 0 Å². The molecule has 1 aromatic carbocycles. The third-order valence-electron chi connectivity index (χ3n) is 3.40. The maximum absolute atomic E-state index is 10.5. The Labute approximate surface area is 126 Å². The van der Waals surface area contributed by atoms with Crippen LogP contribution in [0.25, 0.3) is 0 Å². The molecule has 0 saturated carbocycles. The average Bonchev–Trinajstić information content (AvgIpc) is 2.43. The van der Waals surface area contributed by atoms with E-state index in [1.807, 2.05) is 12.1 Å². The number of phenolic OH excluding ortho intramolecular Hbond substituents is 1. The molecule has 1 N–H and O–H groups in total. The molecular weight excluding hydrogens is 272 g/mol. The van der Waals surface area contributed by atoms with Gasteiger partial charge in [0.15, 0.2) is 12.6 Å². The molecule has 0 aliphatic carbocycles. The summed E-state index contributed by atoms with van der Waals surface area (Å²) in [7, 11) is 6.12. The predicted molar refractivity (Wildman–Crippen MR) is 80.3 cm³/mol. The van der Waals surface area contributed by atoms with Gasteiger partial charge in [0.25, 0.3) is 0 Å². The third-order valence-corrected chi connectivity index (χ3v) is 3.40. The minimum atomic E-state index is -0.652. The first-order valence-corrected chi connectivity index (χ1v) is 6.78. The second-order valence-electron chi connectivity index (χ2n) is 5.86. The van der Waals surface area contributed by atoms with E-state index in [2.05, 4.69) is 20.8 Å². The van der Waals surface area contributed by atoms with Crippen molar-refractivity contribution in [1.82, 2.24) is 0 Å². The Morgan fingerprint density at radius 1 is 0.810 bits per heavy atom. The zero-order valence-electron chi connectivity index (χ0n) is 13.9. The number of rotatable bonds is 6. The maximum Gasteiger partial charge on any atom is 0.186 e. The van der Waals surface area contributed by atoms with Crippen LogP contribution in [0.3, 0.4) is 0 Å². The van der Waals surface area contributed by atoms with E-state index in [0.29, 0.717) is 11.1 Å². The van der Waals surface area contributed by atoms with Crippen molar-refractivity contribution in [2.45, 2.75) is 38.8 Å². The molecule has 0 fully saturated rings. The van der Waals surface area contributed by atoms with E-state index in [4.69, 9.17) is 18.9 Å². The molecule has 0 spiro atoms. The maximum atomic E-state index is 10.5. The van der Waals surface area contributed by atoms with Gasteiger partial charge in [0.2, 0.25) is 0 Å². The predicted octanol–water partition coefficient (Wildman–Crippen LogP) is 3.27. The largest absolute Gasteiger partial charge is 0.507 e. The van der Waals surface area contributed by atoms with Crippen molar-refractivity contribution in [1.29, 1.82) is 0 Å². The molecule has 0 unspecified atom stereocenters. The van der Waals surface area contributed by atoms with Crippen LogP contribution < -0.4 is 0 Å². The van der Waals surface area contributed by atoms with Crippen LogP contribution in [0.1, 0.15) is 50.0 Å². The Kier molecular flexibility index (Phi) is 6.16. The van der Waals surface area contributed by atoms with Crippen LogP contribution in [0.5, 0.6) is 5.75 Å². The molecule has 0 heterocycles. The monoisotopic (exact) mass is 298 g/mol. The van der Waals surface area contributed by atoms with Gasteiger partial charge in [-0.3, -0.25) is 0 Å². The van der Waals surface area contributed by atoms with E-state index in [1.165, 1.54) is 28.4 Å². The van der Waals surface area contributed by atoms with E-state index >= 15 is 0 Å². The second kappa shape index (κ2) is 7.22. The lowest BCUT2D eigenvalue weighted by atomic mass is 9.84. The highest BCUT2D eigenvalue weighted by Gasteiger charge is 2.26. The molecule has 21 heavy (non-hydrogen) atoms. The Morgan fingerprint density at radius 3 is 1.38 bits per heavy atom. The van der Waals surface area contributed by atoms with Crippen molar-refractivity contribution in [3.8, 4) is 5.75 Å². The molecule has 0 atom stereocenters. The second-order valence-corrected chi connectivity index (χ2v) is 5.86. The van der Waals surface area contributed by atoms with Crippen molar-refractivity contribution in [3.05, 3.63) is 28.8 Å². The molecule has 0 amide bonds. The number of phenols is 1. The highest BCUT2D eigenvalue weighted by molar-refractivity contribution is 5.47. The molecule has 5 heteroatoms. The molecule has 0 aliphatic heterocycles. The van der Waals surface area contributed by atoms with Crippen LogP contribution in [0.4, 0.5) is 0 Å². The molecule has 5 nitrogen and oxygen atoms in total. The van der Waals surface area contributed by atoms with Crippen LogP contribution in [-0.4, -0.2) is 33.5 Å². The summed E-state index contributed by atoms with van der Waals surface area (Å²) in [5.74, 6) is 0.0606. The SMILES string of the molecule is COC(OC)c1cc(C(C)(C)C)cc(C(OC)OC)c1O. The van der Waals surface area contributed by atoms with Crippen LogP contribution in [0.15, 0.2) is 12.1 Å². The van der Waals surface area contributed by atoms with E-state index in [9.17, 15) is 5.11 Å². The van der Waals surface area contributed by atoms with Gasteiger partial charge in [-0.1, -0.05) is 20.8 Å². The van der Waals surface area contributed by atoms with Gasteiger partial charge in [-0.15, -0.1) is 0 Å². The molecule has 0 radical (unpaired) electrons. The third kappa shape index (κ3) is 3.95. The normalized spacial score (nSPS) is 12.4. The summed E-state index contributed by atoms with van der Waals surface area (Å²) in [4.78, 5) is 0. The van der Waals surface area contributed by atoms with Crippen molar-refractivity contribution < 1.29 is 24.1 Å². The van der Waals surface area contributed by atoms with Gasteiger partial charge in [0, 0.05) is 28.4 Å². The number of methoxy groups -OCH3 is 4. The molecule has 0 aliphatic rings. The number of benzene rings is 1. The highest BCUT2D eigenvalue weighted by atomic mass is 16.7. The smallest absolute Gasteiger partial charge is 0.186 e. The molecular formula is C16H26O5. The molecule has 0 bridgehead atoms. The van der Waals surface area contributed by atoms with E-state index in [1.54, 1.807) is 0 Å². The Morgan fingerprint density at radius 2 is 1.14 bits per heavy atom. The molecule has 1 aromatic rings. The summed E-state index contributed by atoms with van der Waals surface area (Å²) in [6, 6.07) is 3.78. The fraction of sp³-hybridized carbons (Fsp3) is 0.625. The zero-order chi connectivity index (χ0) is 16.2. The van der Waals surface area contributed by atoms with Crippen molar-refractivity contribution in [2.75, 3.05) is 28.4 Å². The van der Waals surface area contributed by atoms with Crippen LogP contribution in [-0.2, 0) is 24.4 Å². The molecule has 120 valence electrons. The summed E-state index contributed by atoms with van der Waals surface area (Å²) in [6.45, 7) is 6.28. The standard InChI is InChI=1S/C16H26O5/c1-16(2,3)10-8-11(14(18-4)19-5)13(17)12(9-10)15(20-6)21-7/h8-9,14-15,17H,1-7H3. The highest BCUT2D eigenvalue weighted by Crippen LogP contribution is 2.39. The number of aromatic hydroxyl groups is 1. The Balaban J connectivity index is 3.53. The summed E-state index contributed by atoms with van der Waals surface area (Å²) in [5, 5.41) is 10.5. The van der Waals surface area contributed by atoms with Gasteiger partial charge in [-0.2, -0.15) is 0 Å². The summed E-state index contributed by atoms with van der Waals surface area (Å²) < 4.78 is 21.1. The first-order valence-electron chi connectivity index (χ1n) is 6.78. The van der Waals surface area contributed by atoms with E-state index < -0.39 is 12.6 Å². The molecule has 0 aromatic heterocycles. The lowest BCUT2D eigenvalue weighted by Crippen LogP contribution is -2.16. The number of ether oxygens (including phenoxy) is 4. The van der Waals surface area contributed by atoms with Gasteiger partial charge in [-0.05, 0) is 23.1 Å². The number of hydrogen-bond donors (Lipinski definition) is 1. The Hall–Kier alpha value is -1.14. The Bertz CT molecular complexity index is 423. The quantitative estimate of drug-likeness (QED) is 0.817. The fourth-order valence-electron chi connectivity index (χ4n) is 2.17. The van der Waals surface area contributed by atoms with Gasteiger partial charge >= 0.3 is 0 Å². The van der Waals surface area contributed by atoms with Crippen LogP contribution in [0, 0.1) is 0 Å². The topological polar surface area (TPSA) is 57.2 Å². The fourth-order valence-corrected chi connectivity index (χ4v) is 2.17. The lowest BCUT2D eigenvalue weighted by molar-refractivity contribution is -0.112. The zero-order valence-corrected chi connectivity index (χ0v) is 13.9. The van der Waals surface area contributed by atoms with Crippen LogP contribution in [0.2, 0.25) is 0 Å². The van der Waals surface area contributed by atoms with Gasteiger partial charge in [0.05, 0.1) is 11.1 Å².